The monoisotopic (exact) mass is 277 g/mol. The highest BCUT2D eigenvalue weighted by Gasteiger charge is 2.28. The van der Waals surface area contributed by atoms with Crippen molar-refractivity contribution < 1.29 is 9.59 Å². The minimum absolute atomic E-state index is 0. The van der Waals surface area contributed by atoms with Crippen LogP contribution in [0, 0.1) is 5.92 Å². The van der Waals surface area contributed by atoms with Crippen LogP contribution >= 0.6 is 12.4 Å². The van der Waals surface area contributed by atoms with Gasteiger partial charge >= 0.3 is 0 Å². The Kier molecular flexibility index (Phi) is 7.95. The molecule has 0 radical (unpaired) electrons. The summed E-state index contributed by atoms with van der Waals surface area (Å²) >= 11 is 0. The second-order valence-corrected chi connectivity index (χ2v) is 4.88. The SMILES string of the molecule is CC(C)C1CCCCN1C(=O)CNC(=O)CN.Cl. The molecule has 3 N–H and O–H groups in total. The fourth-order valence-corrected chi connectivity index (χ4v) is 2.31. The van der Waals surface area contributed by atoms with Crippen LogP contribution in [0.1, 0.15) is 33.1 Å². The lowest BCUT2D eigenvalue weighted by atomic mass is 9.93. The van der Waals surface area contributed by atoms with Gasteiger partial charge in [-0.2, -0.15) is 0 Å². The maximum absolute atomic E-state index is 12.0. The molecule has 1 fully saturated rings. The van der Waals surface area contributed by atoms with Gasteiger partial charge in [0, 0.05) is 12.6 Å². The van der Waals surface area contributed by atoms with E-state index in [9.17, 15) is 9.59 Å². The van der Waals surface area contributed by atoms with Crippen molar-refractivity contribution in [2.75, 3.05) is 19.6 Å². The van der Waals surface area contributed by atoms with Gasteiger partial charge in [0.15, 0.2) is 0 Å². The van der Waals surface area contributed by atoms with Gasteiger partial charge in [-0.1, -0.05) is 13.8 Å². The molecule has 0 bridgehead atoms. The van der Waals surface area contributed by atoms with E-state index in [1.165, 1.54) is 6.42 Å². The minimum Gasteiger partial charge on any atom is -0.346 e. The van der Waals surface area contributed by atoms with Gasteiger partial charge in [0.2, 0.25) is 11.8 Å². The number of hydrogen-bond acceptors (Lipinski definition) is 3. The Morgan fingerprint density at radius 1 is 1.39 bits per heavy atom. The van der Waals surface area contributed by atoms with E-state index in [-0.39, 0.29) is 37.3 Å². The van der Waals surface area contributed by atoms with Crippen LogP contribution in [0.15, 0.2) is 0 Å². The second-order valence-electron chi connectivity index (χ2n) is 4.88. The predicted molar refractivity (Wildman–Crippen MR) is 73.5 cm³/mol. The number of nitrogens with one attached hydrogen (secondary N) is 1. The molecule has 1 rings (SSSR count). The Morgan fingerprint density at radius 3 is 2.61 bits per heavy atom. The number of carbonyl (C=O) groups is 2. The third-order valence-electron chi connectivity index (χ3n) is 3.26. The van der Waals surface area contributed by atoms with Gasteiger partial charge in [-0.05, 0) is 25.2 Å². The summed E-state index contributed by atoms with van der Waals surface area (Å²) in [5, 5.41) is 2.53. The van der Waals surface area contributed by atoms with Crippen LogP contribution in [0.25, 0.3) is 0 Å². The fourth-order valence-electron chi connectivity index (χ4n) is 2.31. The van der Waals surface area contributed by atoms with Crippen LogP contribution in [-0.2, 0) is 9.59 Å². The van der Waals surface area contributed by atoms with Crippen molar-refractivity contribution >= 4 is 24.2 Å². The number of amides is 2. The molecule has 0 saturated carbocycles. The lowest BCUT2D eigenvalue weighted by Crippen LogP contribution is -2.50. The summed E-state index contributed by atoms with van der Waals surface area (Å²) in [6, 6.07) is 0.311. The number of nitrogens with two attached hydrogens (primary N) is 1. The predicted octanol–water partition coefficient (Wildman–Crippen LogP) is 0.520. The summed E-state index contributed by atoms with van der Waals surface area (Å²) in [5.41, 5.74) is 5.18. The van der Waals surface area contributed by atoms with E-state index in [2.05, 4.69) is 19.2 Å². The largest absolute Gasteiger partial charge is 0.346 e. The Labute approximate surface area is 115 Å². The molecule has 1 heterocycles. The molecule has 0 spiro atoms. The molecule has 6 heteroatoms. The van der Waals surface area contributed by atoms with Crippen molar-refractivity contribution in [3.8, 4) is 0 Å². The summed E-state index contributed by atoms with van der Waals surface area (Å²) in [5.74, 6) is 0.186. The van der Waals surface area contributed by atoms with Crippen LogP contribution in [0.2, 0.25) is 0 Å². The highest BCUT2D eigenvalue weighted by molar-refractivity contribution is 5.86. The van der Waals surface area contributed by atoms with Gasteiger partial charge in [-0.15, -0.1) is 12.4 Å². The molecule has 106 valence electrons. The number of halogens is 1. The highest BCUT2D eigenvalue weighted by Crippen LogP contribution is 2.22. The number of rotatable bonds is 4. The molecular weight excluding hydrogens is 254 g/mol. The standard InChI is InChI=1S/C12H23N3O2.ClH/c1-9(2)10-5-3-4-6-15(10)12(17)8-14-11(16)7-13;/h9-10H,3-8,13H2,1-2H3,(H,14,16);1H. The van der Waals surface area contributed by atoms with Crippen molar-refractivity contribution in [2.24, 2.45) is 11.7 Å². The van der Waals surface area contributed by atoms with E-state index in [4.69, 9.17) is 5.73 Å². The summed E-state index contributed by atoms with van der Waals surface area (Å²) in [6.07, 6.45) is 3.30. The van der Waals surface area contributed by atoms with Crippen LogP contribution < -0.4 is 11.1 Å². The van der Waals surface area contributed by atoms with Crippen LogP contribution in [0.5, 0.6) is 0 Å². The molecule has 0 aromatic carbocycles. The maximum atomic E-state index is 12.0. The Morgan fingerprint density at radius 2 is 2.06 bits per heavy atom. The van der Waals surface area contributed by atoms with E-state index in [1.807, 2.05) is 4.90 Å². The first kappa shape index (κ1) is 17.2. The van der Waals surface area contributed by atoms with Gasteiger partial charge < -0.3 is 16.0 Å². The number of carbonyl (C=O) groups excluding carboxylic acids is 2. The summed E-state index contributed by atoms with van der Waals surface area (Å²) in [6.45, 7) is 5.07. The van der Waals surface area contributed by atoms with Gasteiger partial charge in [-0.25, -0.2) is 0 Å². The second kappa shape index (κ2) is 8.32. The van der Waals surface area contributed by atoms with Gasteiger partial charge in [-0.3, -0.25) is 9.59 Å². The Hall–Kier alpha value is -0.810. The fraction of sp³-hybridized carbons (Fsp3) is 0.833. The number of likely N-dealkylation sites (tertiary alicyclic amines) is 1. The van der Waals surface area contributed by atoms with E-state index in [0.29, 0.717) is 12.0 Å². The first-order valence-corrected chi connectivity index (χ1v) is 6.32. The topological polar surface area (TPSA) is 75.4 Å². The van der Waals surface area contributed by atoms with Gasteiger partial charge in [0.25, 0.3) is 0 Å². The molecule has 5 nitrogen and oxygen atoms in total. The zero-order chi connectivity index (χ0) is 12.8. The molecular formula is C12H24ClN3O2. The zero-order valence-electron chi connectivity index (χ0n) is 11.1. The highest BCUT2D eigenvalue weighted by atomic mass is 35.5. The quantitative estimate of drug-likeness (QED) is 0.787. The molecule has 0 aliphatic carbocycles. The molecule has 0 aromatic rings. The molecule has 1 saturated heterocycles. The number of nitrogens with zero attached hydrogens (tertiary/aromatic N) is 1. The minimum atomic E-state index is -0.281. The van der Waals surface area contributed by atoms with Crippen LogP contribution in [-0.4, -0.2) is 42.4 Å². The van der Waals surface area contributed by atoms with E-state index < -0.39 is 0 Å². The molecule has 1 aliphatic heterocycles. The molecule has 2 amide bonds. The van der Waals surface area contributed by atoms with Crippen molar-refractivity contribution in [1.82, 2.24) is 10.2 Å². The molecule has 1 aliphatic rings. The summed E-state index contributed by atoms with van der Waals surface area (Å²) in [4.78, 5) is 24.9. The Bertz CT molecular complexity index is 284. The van der Waals surface area contributed by atoms with E-state index in [0.717, 1.165) is 19.4 Å². The first-order valence-electron chi connectivity index (χ1n) is 6.32. The molecule has 18 heavy (non-hydrogen) atoms. The molecule has 1 atom stereocenters. The van der Waals surface area contributed by atoms with Crippen molar-refractivity contribution in [1.29, 1.82) is 0 Å². The third kappa shape index (κ3) is 4.82. The van der Waals surface area contributed by atoms with E-state index in [1.54, 1.807) is 0 Å². The Balaban J connectivity index is 0.00000289. The normalized spacial score (nSPS) is 19.3. The molecule has 0 aromatic heterocycles. The summed E-state index contributed by atoms with van der Waals surface area (Å²) in [7, 11) is 0. The van der Waals surface area contributed by atoms with Crippen LogP contribution in [0.4, 0.5) is 0 Å². The van der Waals surface area contributed by atoms with Crippen molar-refractivity contribution in [3.63, 3.8) is 0 Å². The zero-order valence-corrected chi connectivity index (χ0v) is 12.0. The number of hydrogen-bond donors (Lipinski definition) is 2. The average Bonchev–Trinajstić information content (AvgIpc) is 2.35. The van der Waals surface area contributed by atoms with Crippen LogP contribution in [0.3, 0.4) is 0 Å². The van der Waals surface area contributed by atoms with E-state index >= 15 is 0 Å². The lowest BCUT2D eigenvalue weighted by Gasteiger charge is -2.38. The smallest absolute Gasteiger partial charge is 0.242 e. The third-order valence-corrected chi connectivity index (χ3v) is 3.26. The van der Waals surface area contributed by atoms with Crippen molar-refractivity contribution in [2.45, 2.75) is 39.2 Å². The lowest BCUT2D eigenvalue weighted by molar-refractivity contribution is -0.136. The maximum Gasteiger partial charge on any atom is 0.242 e. The van der Waals surface area contributed by atoms with Gasteiger partial charge in [0.05, 0.1) is 13.1 Å². The number of piperidine rings is 1. The molecule has 1 unspecified atom stereocenters. The first-order chi connectivity index (χ1) is 8.06. The van der Waals surface area contributed by atoms with Gasteiger partial charge in [0.1, 0.15) is 0 Å². The summed E-state index contributed by atoms with van der Waals surface area (Å²) < 4.78 is 0. The van der Waals surface area contributed by atoms with Crippen molar-refractivity contribution in [3.05, 3.63) is 0 Å². The average molecular weight is 278 g/mol.